The van der Waals surface area contributed by atoms with E-state index in [4.69, 9.17) is 9.15 Å². The lowest BCUT2D eigenvalue weighted by molar-refractivity contribution is -0.123. The molecule has 5 nitrogen and oxygen atoms in total. The van der Waals surface area contributed by atoms with E-state index in [1.807, 2.05) is 0 Å². The van der Waals surface area contributed by atoms with Crippen LogP contribution in [0.1, 0.15) is 11.7 Å². The standard InChI is InChI=1S/C14H14FNO4/c15-11-1-3-12(4-2-11)20-9-14(18)16-7-13(17)10-5-6-19-8-10/h1-6,8,13,17H,7,9H2,(H,16,18)/t13-/m0/s1. The first-order chi connectivity index (χ1) is 9.65. The third-order valence-corrected chi connectivity index (χ3v) is 2.60. The van der Waals surface area contributed by atoms with Crippen molar-refractivity contribution in [2.24, 2.45) is 0 Å². The van der Waals surface area contributed by atoms with Gasteiger partial charge in [-0.05, 0) is 30.3 Å². The quantitative estimate of drug-likeness (QED) is 0.843. The lowest BCUT2D eigenvalue weighted by Gasteiger charge is -2.10. The fraction of sp³-hybridized carbons (Fsp3) is 0.214. The zero-order chi connectivity index (χ0) is 14.4. The highest BCUT2D eigenvalue weighted by atomic mass is 19.1. The largest absolute Gasteiger partial charge is 0.484 e. The van der Waals surface area contributed by atoms with Crippen molar-refractivity contribution in [2.45, 2.75) is 6.10 Å². The molecule has 0 fully saturated rings. The molecule has 0 spiro atoms. The highest BCUT2D eigenvalue weighted by Gasteiger charge is 2.10. The zero-order valence-electron chi connectivity index (χ0n) is 10.6. The smallest absolute Gasteiger partial charge is 0.258 e. The summed E-state index contributed by atoms with van der Waals surface area (Å²) in [6.07, 6.45) is 2.02. The molecule has 2 N–H and O–H groups in total. The molecule has 1 atom stereocenters. The van der Waals surface area contributed by atoms with Crippen molar-refractivity contribution in [3.05, 3.63) is 54.2 Å². The van der Waals surface area contributed by atoms with Gasteiger partial charge in [0.2, 0.25) is 0 Å². The van der Waals surface area contributed by atoms with Crippen molar-refractivity contribution in [1.29, 1.82) is 0 Å². The topological polar surface area (TPSA) is 71.7 Å². The van der Waals surface area contributed by atoms with Crippen LogP contribution < -0.4 is 10.1 Å². The Balaban J connectivity index is 1.71. The van der Waals surface area contributed by atoms with Crippen molar-refractivity contribution in [1.82, 2.24) is 5.32 Å². The Morgan fingerprint density at radius 2 is 2.10 bits per heavy atom. The summed E-state index contributed by atoms with van der Waals surface area (Å²) in [6, 6.07) is 6.98. The second-order valence-electron chi connectivity index (χ2n) is 4.12. The number of halogens is 1. The molecular formula is C14H14FNO4. The van der Waals surface area contributed by atoms with Gasteiger partial charge in [-0.25, -0.2) is 4.39 Å². The maximum Gasteiger partial charge on any atom is 0.258 e. The average molecular weight is 279 g/mol. The van der Waals surface area contributed by atoms with Gasteiger partial charge in [-0.1, -0.05) is 0 Å². The van der Waals surface area contributed by atoms with Crippen molar-refractivity contribution in [2.75, 3.05) is 13.2 Å². The van der Waals surface area contributed by atoms with Crippen LogP contribution in [0.3, 0.4) is 0 Å². The number of carbonyl (C=O) groups is 1. The lowest BCUT2D eigenvalue weighted by Crippen LogP contribution is -2.32. The molecule has 2 aromatic rings. The maximum atomic E-state index is 12.7. The molecule has 6 heteroatoms. The molecule has 20 heavy (non-hydrogen) atoms. The number of carbonyl (C=O) groups excluding carboxylic acids is 1. The van der Waals surface area contributed by atoms with E-state index in [0.717, 1.165) is 0 Å². The molecule has 0 aliphatic heterocycles. The van der Waals surface area contributed by atoms with Crippen LogP contribution in [-0.4, -0.2) is 24.2 Å². The van der Waals surface area contributed by atoms with Gasteiger partial charge in [-0.2, -0.15) is 0 Å². The molecule has 0 saturated carbocycles. The van der Waals surface area contributed by atoms with E-state index in [-0.39, 0.29) is 24.9 Å². The van der Waals surface area contributed by atoms with Crippen LogP contribution in [0, 0.1) is 5.82 Å². The third kappa shape index (κ3) is 4.10. The summed E-state index contributed by atoms with van der Waals surface area (Å²) in [7, 11) is 0. The van der Waals surface area contributed by atoms with Gasteiger partial charge in [0.25, 0.3) is 5.91 Å². The van der Waals surface area contributed by atoms with E-state index >= 15 is 0 Å². The van der Waals surface area contributed by atoms with Gasteiger partial charge in [0.05, 0.1) is 18.6 Å². The van der Waals surface area contributed by atoms with Crippen LogP contribution in [0.2, 0.25) is 0 Å². The number of nitrogens with one attached hydrogen (secondary N) is 1. The zero-order valence-corrected chi connectivity index (χ0v) is 10.6. The van der Waals surface area contributed by atoms with Crippen molar-refractivity contribution in [3.8, 4) is 5.75 Å². The van der Waals surface area contributed by atoms with Crippen LogP contribution in [0.5, 0.6) is 5.75 Å². The van der Waals surface area contributed by atoms with Crippen LogP contribution in [0.4, 0.5) is 4.39 Å². The van der Waals surface area contributed by atoms with E-state index in [2.05, 4.69) is 5.32 Å². The van der Waals surface area contributed by atoms with E-state index in [1.54, 1.807) is 6.07 Å². The number of hydrogen-bond acceptors (Lipinski definition) is 4. The summed E-state index contributed by atoms with van der Waals surface area (Å²) in [5.41, 5.74) is 0.588. The first-order valence-corrected chi connectivity index (χ1v) is 6.00. The number of hydrogen-bond donors (Lipinski definition) is 2. The van der Waals surface area contributed by atoms with Crippen LogP contribution in [0.25, 0.3) is 0 Å². The number of aliphatic hydroxyl groups is 1. The monoisotopic (exact) mass is 279 g/mol. The second kappa shape index (κ2) is 6.72. The number of aliphatic hydroxyl groups excluding tert-OH is 1. The lowest BCUT2D eigenvalue weighted by atomic mass is 10.2. The molecule has 1 heterocycles. The SMILES string of the molecule is O=C(COc1ccc(F)cc1)NC[C@H](O)c1ccoc1. The fourth-order valence-electron chi connectivity index (χ4n) is 1.52. The normalized spacial score (nSPS) is 11.9. The molecule has 2 rings (SSSR count). The van der Waals surface area contributed by atoms with Crippen molar-refractivity contribution < 1.29 is 23.4 Å². The average Bonchev–Trinajstić information content (AvgIpc) is 2.98. The number of rotatable bonds is 6. The summed E-state index contributed by atoms with van der Waals surface area (Å²) >= 11 is 0. The molecule has 1 aromatic heterocycles. The highest BCUT2D eigenvalue weighted by molar-refractivity contribution is 5.77. The Labute approximate surface area is 115 Å². The fourth-order valence-corrected chi connectivity index (χ4v) is 1.52. The Morgan fingerprint density at radius 1 is 1.35 bits per heavy atom. The summed E-state index contributed by atoms with van der Waals surface area (Å²) in [4.78, 5) is 11.5. The minimum absolute atomic E-state index is 0.0607. The number of benzene rings is 1. The van der Waals surface area contributed by atoms with E-state index in [1.165, 1.54) is 36.8 Å². The molecular weight excluding hydrogens is 265 g/mol. The van der Waals surface area contributed by atoms with Gasteiger partial charge in [-0.3, -0.25) is 4.79 Å². The van der Waals surface area contributed by atoms with E-state index < -0.39 is 6.10 Å². The molecule has 1 amide bonds. The molecule has 0 bridgehead atoms. The molecule has 0 aliphatic carbocycles. The Bertz CT molecular complexity index is 539. The van der Waals surface area contributed by atoms with Crippen LogP contribution in [-0.2, 0) is 4.79 Å². The van der Waals surface area contributed by atoms with Gasteiger partial charge in [0, 0.05) is 12.1 Å². The van der Waals surface area contributed by atoms with Gasteiger partial charge in [0.1, 0.15) is 11.6 Å². The Kier molecular flexibility index (Phi) is 4.73. The van der Waals surface area contributed by atoms with Gasteiger partial charge < -0.3 is 19.6 Å². The summed E-state index contributed by atoms with van der Waals surface area (Å²) in [5, 5.41) is 12.2. The van der Waals surface area contributed by atoms with Gasteiger partial charge in [0.15, 0.2) is 6.61 Å². The van der Waals surface area contributed by atoms with Crippen LogP contribution in [0.15, 0.2) is 47.3 Å². The molecule has 0 radical (unpaired) electrons. The van der Waals surface area contributed by atoms with E-state index in [0.29, 0.717) is 11.3 Å². The summed E-state index contributed by atoms with van der Waals surface area (Å²) < 4.78 is 22.7. The van der Waals surface area contributed by atoms with Crippen LogP contribution >= 0.6 is 0 Å². The highest BCUT2D eigenvalue weighted by Crippen LogP contribution is 2.12. The second-order valence-corrected chi connectivity index (χ2v) is 4.12. The predicted molar refractivity (Wildman–Crippen MR) is 68.6 cm³/mol. The molecule has 0 aliphatic rings. The summed E-state index contributed by atoms with van der Waals surface area (Å²) in [6.45, 7) is -0.144. The number of furan rings is 1. The molecule has 106 valence electrons. The van der Waals surface area contributed by atoms with Crippen molar-refractivity contribution in [3.63, 3.8) is 0 Å². The molecule has 1 aromatic carbocycles. The van der Waals surface area contributed by atoms with Crippen molar-refractivity contribution >= 4 is 5.91 Å². The Hall–Kier alpha value is -2.34. The van der Waals surface area contributed by atoms with Gasteiger partial charge >= 0.3 is 0 Å². The predicted octanol–water partition coefficient (Wildman–Crippen LogP) is 1.65. The minimum Gasteiger partial charge on any atom is -0.484 e. The van der Waals surface area contributed by atoms with Gasteiger partial charge in [-0.15, -0.1) is 0 Å². The Morgan fingerprint density at radius 3 is 2.75 bits per heavy atom. The third-order valence-electron chi connectivity index (χ3n) is 2.60. The van der Waals surface area contributed by atoms with E-state index in [9.17, 15) is 14.3 Å². The maximum absolute atomic E-state index is 12.7. The number of ether oxygens (including phenoxy) is 1. The first kappa shape index (κ1) is 14.1. The number of amides is 1. The molecule has 0 saturated heterocycles. The molecule has 0 unspecified atom stereocenters. The summed E-state index contributed by atoms with van der Waals surface area (Å²) in [5.74, 6) is -0.348. The first-order valence-electron chi connectivity index (χ1n) is 6.00. The minimum atomic E-state index is -0.830.